The number of nitrogens with two attached hydrogens (primary N) is 1. The molecule has 6 aromatic carbocycles. The molecule has 8 heterocycles. The van der Waals surface area contributed by atoms with Crippen LogP contribution in [0.5, 0.6) is 0 Å². The van der Waals surface area contributed by atoms with Crippen molar-refractivity contribution in [1.82, 2.24) is 75.8 Å². The largest absolute Gasteiger partial charge is 0.355 e. The second-order valence-corrected chi connectivity index (χ2v) is 23.1. The van der Waals surface area contributed by atoms with E-state index >= 15 is 0 Å². The molecule has 2 saturated heterocycles. The maximum absolute atomic E-state index is 13.5. The number of aromatic nitrogens is 12. The Morgan fingerprint density at radius 3 is 1.23 bits per heavy atom. The lowest BCUT2D eigenvalue weighted by molar-refractivity contribution is 0.0946. The molecule has 6 aromatic heterocycles. The number of rotatable bonds is 15. The van der Waals surface area contributed by atoms with Crippen molar-refractivity contribution in [2.45, 2.75) is 57.8 Å². The quantitative estimate of drug-likeness (QED) is 0.0470. The predicted molar refractivity (Wildman–Crippen MR) is 368 cm³/mol. The molecule has 2 aliphatic heterocycles. The molecule has 0 aliphatic carbocycles. The van der Waals surface area contributed by atoms with E-state index in [-0.39, 0.29) is 39.6 Å². The van der Waals surface area contributed by atoms with Gasteiger partial charge in [-0.3, -0.25) is 14.4 Å². The van der Waals surface area contributed by atoms with Crippen molar-refractivity contribution in [3.63, 3.8) is 0 Å². The first-order valence-electron chi connectivity index (χ1n) is 31.2. The molecule has 14 rings (SSSR count). The van der Waals surface area contributed by atoms with Crippen LogP contribution in [0.4, 0.5) is 19.0 Å². The molecule has 0 bridgehead atoms. The van der Waals surface area contributed by atoms with Gasteiger partial charge in [-0.2, -0.15) is 0 Å². The number of carbonyl (C=O) groups excluding carboxylic acids is 3. The molecule has 20 nitrogen and oxygen atoms in total. The van der Waals surface area contributed by atoms with Crippen LogP contribution in [0.15, 0.2) is 165 Å². The van der Waals surface area contributed by atoms with Crippen molar-refractivity contribution in [3.05, 3.63) is 226 Å². The molecule has 26 heteroatoms. The van der Waals surface area contributed by atoms with Gasteiger partial charge < -0.3 is 41.5 Å². The number of halogens is 6. The van der Waals surface area contributed by atoms with E-state index in [1.807, 2.05) is 6.07 Å². The third kappa shape index (κ3) is 19.3. The molecule has 0 unspecified atom stereocenters. The zero-order valence-corrected chi connectivity index (χ0v) is 54.2. The van der Waals surface area contributed by atoms with Crippen LogP contribution in [0, 0.1) is 17.5 Å². The summed E-state index contributed by atoms with van der Waals surface area (Å²) in [4.78, 5) is 87.1. The van der Waals surface area contributed by atoms with Crippen molar-refractivity contribution in [3.8, 4) is 33.8 Å². The number of piperidine rings is 2. The van der Waals surface area contributed by atoms with E-state index in [9.17, 15) is 27.6 Å². The van der Waals surface area contributed by atoms with E-state index in [1.165, 1.54) is 75.2 Å². The topological polar surface area (TPSA) is 280 Å². The minimum absolute atomic E-state index is 0.173. The smallest absolute Gasteiger partial charge is 0.252 e. The maximum Gasteiger partial charge on any atom is 0.252 e. The Kier molecular flexibility index (Phi) is 24.7. The number of hydrogen-bond donors (Lipinski definition) is 7. The van der Waals surface area contributed by atoms with Crippen molar-refractivity contribution >= 4 is 90.8 Å². The lowest BCUT2D eigenvalue weighted by Crippen LogP contribution is -2.31. The minimum atomic E-state index is -0.572. The van der Waals surface area contributed by atoms with E-state index in [4.69, 9.17) is 50.5 Å². The summed E-state index contributed by atoms with van der Waals surface area (Å²) in [6, 6.07) is 33.0. The Labute approximate surface area is 565 Å². The Balaban J connectivity index is 0.000000144. The van der Waals surface area contributed by atoms with Gasteiger partial charge in [0.2, 0.25) is 0 Å². The van der Waals surface area contributed by atoms with Gasteiger partial charge in [0, 0.05) is 116 Å². The first-order valence-corrected chi connectivity index (χ1v) is 32.3. The second kappa shape index (κ2) is 34.4. The summed E-state index contributed by atoms with van der Waals surface area (Å²) in [7, 11) is 0. The third-order valence-electron chi connectivity index (χ3n) is 15.2. The molecule has 0 spiro atoms. The molecular weight excluding hydrogens is 1290 g/mol. The standard InChI is InChI=1S/C25H25FN6O.C20H15ClFN5O.C15H7Cl2FN2O.C5H9N3.C5H11N/c26-19-7-4-17(5-8-19)23-24(32-14-2-1-3-15-32)31-20-9-6-18(16-21(20)30-23)25(33)29-11-10-22-27-12-13-28-22;21-19-18(12-1-4-14(22)5-2-12)26-16-11-13(3-6-15(16)27-19)20(28)25-8-7-17-23-9-10-24-17;16-14-13(8-1-4-10(18)5-2-8)19-12-7-9(15(17)21)3-6-11(12)20-14;6-2-1-5-7-3-4-8-5;1-2-4-6-5-3-1/h4-9,12-13,16H,1-3,10-11,14-15H2,(H,27,28)(H,29,33);1-6,9-11H,7-8H2,(H,23,24)(H,25,28);1-7H;3-4H,1-2,6H2,(H,7,8);6H,1-5H2. The zero-order chi connectivity index (χ0) is 67.2. The summed E-state index contributed by atoms with van der Waals surface area (Å²) in [5.41, 5.74) is 13.7. The number of H-pyrrole nitrogens is 3. The first kappa shape index (κ1) is 68.8. The summed E-state index contributed by atoms with van der Waals surface area (Å²) in [6.07, 6.45) is 20.1. The summed E-state index contributed by atoms with van der Waals surface area (Å²) in [6.45, 7) is 5.94. The SMILES string of the molecule is C1CCNCC1.NCCc1ncc[nH]1.O=C(Cl)c1ccc2nc(Cl)c(-c3ccc(F)cc3)nc2c1.O=C(NCCc1ncc[nH]1)c1ccc2nc(Cl)c(-c3ccc(F)cc3)nc2c1.O=C(NCCc1ncc[nH]1)c1ccc2nc(N3CCCCC3)c(-c3ccc(F)cc3)nc2c1. The van der Waals surface area contributed by atoms with E-state index in [1.54, 1.807) is 122 Å². The van der Waals surface area contributed by atoms with Crippen LogP contribution in [0.1, 0.15) is 87.1 Å². The second-order valence-electron chi connectivity index (χ2n) is 22.0. The Bertz CT molecular complexity index is 4500. The molecule has 2 aliphatic rings. The molecule has 0 saturated carbocycles. The van der Waals surface area contributed by atoms with Gasteiger partial charge in [-0.05, 0) is 191 Å². The van der Waals surface area contributed by atoms with E-state index in [0.29, 0.717) is 105 Å². The Hall–Kier alpha value is -10.0. The van der Waals surface area contributed by atoms with Gasteiger partial charge in [-0.1, -0.05) is 29.6 Å². The van der Waals surface area contributed by atoms with Crippen LogP contribution in [-0.4, -0.2) is 123 Å². The fourth-order valence-electron chi connectivity index (χ4n) is 10.3. The monoisotopic (exact) mass is 1360 g/mol. The van der Waals surface area contributed by atoms with Gasteiger partial charge in [-0.25, -0.2) is 58.0 Å². The van der Waals surface area contributed by atoms with Gasteiger partial charge in [0.1, 0.15) is 52.0 Å². The summed E-state index contributed by atoms with van der Waals surface area (Å²) in [5, 5.41) is 8.91. The van der Waals surface area contributed by atoms with Crippen LogP contribution in [0.2, 0.25) is 10.3 Å². The van der Waals surface area contributed by atoms with Gasteiger partial charge in [-0.15, -0.1) is 0 Å². The molecule has 0 atom stereocenters. The van der Waals surface area contributed by atoms with Crippen LogP contribution >= 0.6 is 34.8 Å². The lowest BCUT2D eigenvalue weighted by Gasteiger charge is -2.29. The molecule has 8 N–H and O–H groups in total. The normalized spacial score (nSPS) is 12.6. The number of amides is 2. The van der Waals surface area contributed by atoms with Gasteiger partial charge in [0.05, 0.1) is 33.1 Å². The molecule has 2 amide bonds. The van der Waals surface area contributed by atoms with Crippen LogP contribution < -0.4 is 26.6 Å². The maximum atomic E-state index is 13.5. The molecule has 492 valence electrons. The third-order valence-corrected chi connectivity index (χ3v) is 15.9. The van der Waals surface area contributed by atoms with E-state index in [0.717, 1.165) is 66.7 Å². The highest BCUT2D eigenvalue weighted by Crippen LogP contribution is 2.33. The van der Waals surface area contributed by atoms with Crippen LogP contribution in [0.25, 0.3) is 66.9 Å². The Morgan fingerprint density at radius 1 is 0.458 bits per heavy atom. The molecule has 2 fully saturated rings. The molecule has 96 heavy (non-hydrogen) atoms. The highest BCUT2D eigenvalue weighted by molar-refractivity contribution is 6.67. The number of aromatic amines is 3. The average Bonchev–Trinajstić information content (AvgIpc) is 0.849. The number of nitrogens with zero attached hydrogens (tertiary/aromatic N) is 10. The number of nitrogens with one attached hydrogen (secondary N) is 6. The number of anilines is 1. The van der Waals surface area contributed by atoms with Crippen LogP contribution in [-0.2, 0) is 19.3 Å². The van der Waals surface area contributed by atoms with Crippen molar-refractivity contribution in [2.75, 3.05) is 50.7 Å². The predicted octanol–water partition coefficient (Wildman–Crippen LogP) is 13.0. The highest BCUT2D eigenvalue weighted by atomic mass is 35.5. The van der Waals surface area contributed by atoms with Gasteiger partial charge >= 0.3 is 0 Å². The lowest BCUT2D eigenvalue weighted by atomic mass is 10.1. The number of carbonyl (C=O) groups is 3. The average molecular weight is 1360 g/mol. The number of imidazole rings is 3. The fraction of sp³-hybridized carbons (Fsp3) is 0.229. The summed E-state index contributed by atoms with van der Waals surface area (Å²) < 4.78 is 39.7. The van der Waals surface area contributed by atoms with Gasteiger partial charge in [0.15, 0.2) is 16.1 Å². The number of benzene rings is 6. The van der Waals surface area contributed by atoms with E-state index in [2.05, 4.69) is 70.7 Å². The number of fused-ring (bicyclic) bond motifs is 3. The number of hydrogen-bond acceptors (Lipinski definition) is 15. The Morgan fingerprint density at radius 2 is 0.844 bits per heavy atom. The first-order chi connectivity index (χ1) is 46.7. The van der Waals surface area contributed by atoms with Crippen molar-refractivity contribution in [2.24, 2.45) is 5.73 Å². The van der Waals surface area contributed by atoms with Crippen molar-refractivity contribution in [1.29, 1.82) is 0 Å². The van der Waals surface area contributed by atoms with E-state index < -0.39 is 5.24 Å². The zero-order valence-electron chi connectivity index (χ0n) is 51.9. The minimum Gasteiger partial charge on any atom is -0.355 e. The van der Waals surface area contributed by atoms with Crippen LogP contribution in [0.3, 0.4) is 0 Å². The van der Waals surface area contributed by atoms with Crippen molar-refractivity contribution < 1.29 is 27.6 Å². The summed E-state index contributed by atoms with van der Waals surface area (Å²) >= 11 is 17.8. The highest BCUT2D eigenvalue weighted by Gasteiger charge is 2.21. The molecular formula is C70H67Cl3F3N17O3. The van der Waals surface area contributed by atoms with Gasteiger partial charge in [0.25, 0.3) is 17.1 Å². The molecule has 0 radical (unpaired) electrons. The summed E-state index contributed by atoms with van der Waals surface area (Å²) in [5.74, 6) is 2.04. The fourth-order valence-corrected chi connectivity index (χ4v) is 10.9. The molecule has 12 aromatic rings.